The monoisotopic (exact) mass is 304 g/mol. The van der Waals surface area contributed by atoms with Gasteiger partial charge in [-0.2, -0.15) is 5.10 Å². The molecule has 3 nitrogen and oxygen atoms in total. The molecule has 4 heteroatoms. The van der Waals surface area contributed by atoms with Gasteiger partial charge in [-0.25, -0.2) is 0 Å². The molecule has 0 radical (unpaired) electrons. The number of halogens is 1. The maximum Gasteiger partial charge on any atom is 0.0867 e. The predicted molar refractivity (Wildman–Crippen MR) is 87.1 cm³/mol. The number of H-pyrrole nitrogens is 1. The van der Waals surface area contributed by atoms with Crippen LogP contribution in [0, 0.1) is 17.8 Å². The predicted octanol–water partition coefficient (Wildman–Crippen LogP) is 4.47. The van der Waals surface area contributed by atoms with Gasteiger partial charge >= 0.3 is 0 Å². The average molecular weight is 305 g/mol. The van der Waals surface area contributed by atoms with Crippen LogP contribution in [0.15, 0.2) is 18.3 Å². The number of aliphatic hydroxyl groups excluding tert-OH is 1. The van der Waals surface area contributed by atoms with Gasteiger partial charge in [0.2, 0.25) is 0 Å². The Morgan fingerprint density at radius 1 is 1.43 bits per heavy atom. The molecule has 112 valence electrons. The summed E-state index contributed by atoms with van der Waals surface area (Å²) in [5.74, 6) is 2.68. The van der Waals surface area contributed by atoms with Gasteiger partial charge in [-0.3, -0.25) is 5.10 Å². The van der Waals surface area contributed by atoms with Crippen molar-refractivity contribution < 1.29 is 5.11 Å². The first-order valence-electron chi connectivity index (χ1n) is 7.32. The van der Waals surface area contributed by atoms with Crippen molar-refractivity contribution in [1.29, 1.82) is 0 Å². The van der Waals surface area contributed by atoms with Gasteiger partial charge in [0, 0.05) is 27.8 Å². The number of hydrogen-bond acceptors (Lipinski definition) is 2. The van der Waals surface area contributed by atoms with Gasteiger partial charge in [0.1, 0.15) is 0 Å². The Morgan fingerprint density at radius 2 is 2.14 bits per heavy atom. The zero-order chi connectivity index (χ0) is 15.5. The lowest BCUT2D eigenvalue weighted by atomic mass is 9.71. The molecule has 0 aliphatic carbocycles. The molecule has 1 aromatic heterocycles. The Hall–Kier alpha value is -1.50. The van der Waals surface area contributed by atoms with E-state index >= 15 is 0 Å². The van der Waals surface area contributed by atoms with Crippen molar-refractivity contribution in [2.24, 2.45) is 5.41 Å². The fourth-order valence-corrected chi connectivity index (χ4v) is 3.28. The summed E-state index contributed by atoms with van der Waals surface area (Å²) in [4.78, 5) is 0. The van der Waals surface area contributed by atoms with Crippen molar-refractivity contribution in [3.8, 4) is 12.3 Å². The summed E-state index contributed by atoms with van der Waals surface area (Å²) in [6, 6.07) is 3.67. The number of terminal acetylenes is 1. The summed E-state index contributed by atoms with van der Waals surface area (Å²) in [5.41, 5.74) is 1.41. The van der Waals surface area contributed by atoms with E-state index in [4.69, 9.17) is 18.0 Å². The third-order valence-corrected chi connectivity index (χ3v) is 4.81. The van der Waals surface area contributed by atoms with Crippen molar-refractivity contribution in [3.05, 3.63) is 28.9 Å². The molecule has 0 aliphatic rings. The van der Waals surface area contributed by atoms with Gasteiger partial charge in [-0.15, -0.1) is 12.3 Å². The number of aliphatic hydroxyl groups is 1. The second-order valence-corrected chi connectivity index (χ2v) is 5.94. The second-order valence-electron chi connectivity index (χ2n) is 5.51. The van der Waals surface area contributed by atoms with Crippen molar-refractivity contribution in [3.63, 3.8) is 0 Å². The zero-order valence-electron chi connectivity index (χ0n) is 12.5. The molecular formula is C17H21ClN2O. The minimum Gasteiger partial charge on any atom is -0.388 e. The van der Waals surface area contributed by atoms with E-state index < -0.39 is 6.10 Å². The molecule has 0 fully saturated rings. The average Bonchev–Trinajstić information content (AvgIpc) is 2.95. The highest BCUT2D eigenvalue weighted by atomic mass is 35.5. The van der Waals surface area contributed by atoms with Crippen LogP contribution >= 0.6 is 11.6 Å². The molecule has 1 atom stereocenters. The van der Waals surface area contributed by atoms with Gasteiger partial charge in [0.05, 0.1) is 17.8 Å². The van der Waals surface area contributed by atoms with E-state index in [-0.39, 0.29) is 5.41 Å². The van der Waals surface area contributed by atoms with Crippen LogP contribution in [0.3, 0.4) is 0 Å². The SMILES string of the molecule is C#CCCC(CC)(CC)C(O)c1cc(Cl)cc2cn[nH]c12. The number of aromatic amines is 1. The van der Waals surface area contributed by atoms with E-state index in [0.717, 1.165) is 35.7 Å². The molecule has 1 heterocycles. The summed E-state index contributed by atoms with van der Waals surface area (Å²) in [6.45, 7) is 4.19. The topological polar surface area (TPSA) is 48.9 Å². The molecule has 2 aromatic rings. The molecule has 21 heavy (non-hydrogen) atoms. The van der Waals surface area contributed by atoms with E-state index in [2.05, 4.69) is 30.0 Å². The second kappa shape index (κ2) is 6.51. The van der Waals surface area contributed by atoms with E-state index in [9.17, 15) is 5.11 Å². The molecular weight excluding hydrogens is 284 g/mol. The Labute approximate surface area is 130 Å². The highest BCUT2D eigenvalue weighted by molar-refractivity contribution is 6.31. The molecule has 0 saturated heterocycles. The third kappa shape index (κ3) is 2.92. The smallest absolute Gasteiger partial charge is 0.0867 e. The van der Waals surface area contributed by atoms with Crippen LogP contribution in [0.25, 0.3) is 10.9 Å². The zero-order valence-corrected chi connectivity index (χ0v) is 13.2. The van der Waals surface area contributed by atoms with Gasteiger partial charge in [0.25, 0.3) is 0 Å². The number of benzene rings is 1. The minimum absolute atomic E-state index is 0.241. The minimum atomic E-state index is -0.623. The largest absolute Gasteiger partial charge is 0.388 e. The first-order valence-corrected chi connectivity index (χ1v) is 7.69. The Balaban J connectivity index is 2.50. The quantitative estimate of drug-likeness (QED) is 0.774. The third-order valence-electron chi connectivity index (χ3n) is 4.59. The number of hydrogen-bond donors (Lipinski definition) is 2. The molecule has 1 unspecified atom stereocenters. The summed E-state index contributed by atoms with van der Waals surface area (Å²) in [7, 11) is 0. The molecule has 0 bridgehead atoms. The van der Waals surface area contributed by atoms with Crippen LogP contribution in [-0.4, -0.2) is 15.3 Å². The molecule has 0 aliphatic heterocycles. The first kappa shape index (κ1) is 15.9. The fourth-order valence-electron chi connectivity index (χ4n) is 3.04. The number of nitrogens with zero attached hydrogens (tertiary/aromatic N) is 1. The van der Waals surface area contributed by atoms with Crippen LogP contribution in [0.1, 0.15) is 51.2 Å². The van der Waals surface area contributed by atoms with E-state index in [1.54, 1.807) is 6.20 Å². The van der Waals surface area contributed by atoms with E-state index in [1.165, 1.54) is 0 Å². The number of fused-ring (bicyclic) bond motifs is 1. The maximum absolute atomic E-state index is 11.0. The molecule has 2 rings (SSSR count). The molecule has 1 aromatic carbocycles. The van der Waals surface area contributed by atoms with Gasteiger partial charge in [0.15, 0.2) is 0 Å². The Morgan fingerprint density at radius 3 is 2.76 bits per heavy atom. The molecule has 0 amide bonds. The van der Waals surface area contributed by atoms with Crippen LogP contribution in [0.4, 0.5) is 0 Å². The Kier molecular flexibility index (Phi) is 4.92. The lowest BCUT2D eigenvalue weighted by Crippen LogP contribution is -2.28. The van der Waals surface area contributed by atoms with Crippen molar-refractivity contribution >= 4 is 22.5 Å². The maximum atomic E-state index is 11.0. The number of nitrogens with one attached hydrogen (secondary N) is 1. The molecule has 0 spiro atoms. The van der Waals surface area contributed by atoms with Crippen LogP contribution < -0.4 is 0 Å². The van der Waals surface area contributed by atoms with Crippen molar-refractivity contribution in [2.45, 2.75) is 45.6 Å². The van der Waals surface area contributed by atoms with E-state index in [0.29, 0.717) is 11.4 Å². The molecule has 2 N–H and O–H groups in total. The molecule has 0 saturated carbocycles. The fraction of sp³-hybridized carbons (Fsp3) is 0.471. The van der Waals surface area contributed by atoms with Crippen LogP contribution in [-0.2, 0) is 0 Å². The number of rotatable bonds is 6. The van der Waals surface area contributed by atoms with E-state index in [1.807, 2.05) is 12.1 Å². The summed E-state index contributed by atoms with van der Waals surface area (Å²) < 4.78 is 0. The first-order chi connectivity index (χ1) is 10.1. The normalized spacial score (nSPS) is 13.3. The summed E-state index contributed by atoms with van der Waals surface area (Å²) in [6.07, 6.45) is 9.67. The highest BCUT2D eigenvalue weighted by Gasteiger charge is 2.36. The lowest BCUT2D eigenvalue weighted by Gasteiger charge is -2.37. The van der Waals surface area contributed by atoms with Crippen molar-refractivity contribution in [1.82, 2.24) is 10.2 Å². The summed E-state index contributed by atoms with van der Waals surface area (Å²) in [5, 5.41) is 19.6. The number of aromatic nitrogens is 2. The lowest BCUT2D eigenvalue weighted by molar-refractivity contribution is 0.0108. The highest BCUT2D eigenvalue weighted by Crippen LogP contribution is 2.45. The van der Waals surface area contributed by atoms with Crippen LogP contribution in [0.2, 0.25) is 5.02 Å². The van der Waals surface area contributed by atoms with Gasteiger partial charge in [-0.1, -0.05) is 25.4 Å². The van der Waals surface area contributed by atoms with Crippen molar-refractivity contribution in [2.75, 3.05) is 0 Å². The summed E-state index contributed by atoms with van der Waals surface area (Å²) >= 11 is 6.18. The van der Waals surface area contributed by atoms with Gasteiger partial charge in [-0.05, 0) is 31.4 Å². The standard InChI is InChI=1S/C17H21ClN2O/c1-4-7-8-17(5-2,6-3)16(21)14-10-13(18)9-12-11-19-20-15(12)14/h1,9-11,16,21H,5-8H2,2-3H3,(H,19,20). The van der Waals surface area contributed by atoms with Gasteiger partial charge < -0.3 is 5.11 Å². The Bertz CT molecular complexity index is 652. The van der Waals surface area contributed by atoms with Crippen LogP contribution in [0.5, 0.6) is 0 Å².